The van der Waals surface area contributed by atoms with E-state index in [0.717, 1.165) is 18.5 Å². The highest BCUT2D eigenvalue weighted by molar-refractivity contribution is 6.29. The zero-order chi connectivity index (χ0) is 17.8. The maximum absolute atomic E-state index is 12.5. The number of aliphatic carboxylic acids is 1. The minimum absolute atomic E-state index is 0.0431. The van der Waals surface area contributed by atoms with Gasteiger partial charge in [-0.15, -0.1) is 0 Å². The van der Waals surface area contributed by atoms with Crippen molar-refractivity contribution in [3.05, 3.63) is 34.9 Å². The summed E-state index contributed by atoms with van der Waals surface area (Å²) >= 11 is 5.70. The maximum atomic E-state index is 12.5. The van der Waals surface area contributed by atoms with Gasteiger partial charge in [0.05, 0.1) is 0 Å². The average Bonchev–Trinajstić information content (AvgIpc) is 3.21. The van der Waals surface area contributed by atoms with Crippen molar-refractivity contribution in [1.29, 1.82) is 0 Å². The summed E-state index contributed by atoms with van der Waals surface area (Å²) in [5, 5.41) is 16.9. The highest BCUT2D eigenvalue weighted by Crippen LogP contribution is 2.27. The number of nitrogens with zero attached hydrogens (tertiary/aromatic N) is 4. The van der Waals surface area contributed by atoms with E-state index in [9.17, 15) is 9.59 Å². The number of carboxylic acids is 1. The van der Waals surface area contributed by atoms with E-state index in [1.807, 2.05) is 11.0 Å². The molecule has 1 atom stereocenters. The number of likely N-dealkylation sites (tertiary alicyclic amines) is 1. The summed E-state index contributed by atoms with van der Waals surface area (Å²) in [6.07, 6.45) is 4.17. The van der Waals surface area contributed by atoms with Gasteiger partial charge in [-0.3, -0.25) is 14.3 Å². The molecular weight excluding hydrogens is 348 g/mol. The highest BCUT2D eigenvalue weighted by Gasteiger charge is 2.27. The first kappa shape index (κ1) is 17.5. The summed E-state index contributed by atoms with van der Waals surface area (Å²) in [4.78, 5) is 25.2. The number of halogens is 1. The number of hydrogen-bond donors (Lipinski definition) is 1. The van der Waals surface area contributed by atoms with Gasteiger partial charge in [-0.2, -0.15) is 5.10 Å². The van der Waals surface area contributed by atoms with E-state index in [4.69, 9.17) is 21.2 Å². The van der Waals surface area contributed by atoms with Crippen molar-refractivity contribution in [2.75, 3.05) is 13.1 Å². The van der Waals surface area contributed by atoms with Crippen LogP contribution in [-0.2, 0) is 22.6 Å². The quantitative estimate of drug-likeness (QED) is 0.838. The number of aromatic nitrogens is 3. The standard InChI is InChI=1S/C16H19ClN4O4/c17-14-8-12(25-19-14)3-4-15(22)20-7-1-2-11(9-20)13-5-6-18-21(13)10-16(23)24/h5-6,8,11H,1-4,7,9-10H2,(H,23,24)/t11-/m1/s1. The SMILES string of the molecule is O=C(O)Cn1nccc1[C@@H]1CCCN(C(=O)CCc2cc(Cl)no2)C1. The first-order valence-electron chi connectivity index (χ1n) is 8.15. The summed E-state index contributed by atoms with van der Waals surface area (Å²) in [5.41, 5.74) is 0.863. The van der Waals surface area contributed by atoms with Crippen molar-refractivity contribution in [1.82, 2.24) is 19.8 Å². The lowest BCUT2D eigenvalue weighted by atomic mass is 9.94. The molecule has 1 aliphatic heterocycles. The first-order valence-corrected chi connectivity index (χ1v) is 8.53. The molecule has 0 spiro atoms. The summed E-state index contributed by atoms with van der Waals surface area (Å²) in [6, 6.07) is 3.44. The Balaban J connectivity index is 1.60. The topological polar surface area (TPSA) is 101 Å². The van der Waals surface area contributed by atoms with Gasteiger partial charge in [-0.1, -0.05) is 16.8 Å². The summed E-state index contributed by atoms with van der Waals surface area (Å²) in [5.74, 6) is -0.202. The molecule has 0 saturated carbocycles. The molecule has 1 N–H and O–H groups in total. The molecule has 134 valence electrons. The number of carboxylic acid groups (broad SMARTS) is 1. The summed E-state index contributed by atoms with van der Waals surface area (Å²) < 4.78 is 6.51. The number of aryl methyl sites for hydroxylation is 1. The molecule has 2 aromatic heterocycles. The molecule has 2 aromatic rings. The maximum Gasteiger partial charge on any atom is 0.325 e. The van der Waals surface area contributed by atoms with Gasteiger partial charge in [-0.25, -0.2) is 0 Å². The molecule has 1 amide bonds. The Morgan fingerprint density at radius 1 is 1.44 bits per heavy atom. The Bertz CT molecular complexity index is 757. The summed E-state index contributed by atoms with van der Waals surface area (Å²) in [6.45, 7) is 1.11. The van der Waals surface area contributed by atoms with Crippen LogP contribution in [0, 0.1) is 0 Å². The lowest BCUT2D eigenvalue weighted by Crippen LogP contribution is -2.39. The second-order valence-electron chi connectivity index (χ2n) is 6.10. The van der Waals surface area contributed by atoms with E-state index in [-0.39, 0.29) is 23.5 Å². The lowest BCUT2D eigenvalue weighted by Gasteiger charge is -2.33. The summed E-state index contributed by atoms with van der Waals surface area (Å²) in [7, 11) is 0. The van der Waals surface area contributed by atoms with E-state index < -0.39 is 5.97 Å². The molecule has 1 aliphatic rings. The Kier molecular flexibility index (Phi) is 5.37. The van der Waals surface area contributed by atoms with E-state index in [0.29, 0.717) is 31.7 Å². The number of carbonyl (C=O) groups excluding carboxylic acids is 1. The van der Waals surface area contributed by atoms with Gasteiger partial charge in [-0.05, 0) is 18.9 Å². The van der Waals surface area contributed by atoms with Crippen LogP contribution in [0.25, 0.3) is 0 Å². The van der Waals surface area contributed by atoms with Crippen LogP contribution in [0.2, 0.25) is 5.15 Å². The Morgan fingerprint density at radius 3 is 3.00 bits per heavy atom. The second kappa shape index (κ2) is 7.69. The van der Waals surface area contributed by atoms with Gasteiger partial charge in [0.2, 0.25) is 5.91 Å². The molecule has 0 aromatic carbocycles. The largest absolute Gasteiger partial charge is 0.480 e. The Morgan fingerprint density at radius 2 is 2.28 bits per heavy atom. The van der Waals surface area contributed by atoms with Crippen molar-refractivity contribution in [2.45, 2.75) is 38.1 Å². The second-order valence-corrected chi connectivity index (χ2v) is 6.49. The Hall–Kier alpha value is -2.35. The number of hydrogen-bond acceptors (Lipinski definition) is 5. The fourth-order valence-corrected chi connectivity index (χ4v) is 3.35. The number of piperidine rings is 1. The van der Waals surface area contributed by atoms with Gasteiger partial charge in [0.25, 0.3) is 0 Å². The van der Waals surface area contributed by atoms with Crippen molar-refractivity contribution >= 4 is 23.5 Å². The van der Waals surface area contributed by atoms with Gasteiger partial charge in [0.15, 0.2) is 5.15 Å². The van der Waals surface area contributed by atoms with Crippen molar-refractivity contribution in [3.8, 4) is 0 Å². The third-order valence-corrected chi connectivity index (χ3v) is 4.52. The van der Waals surface area contributed by atoms with Crippen LogP contribution in [0.3, 0.4) is 0 Å². The van der Waals surface area contributed by atoms with E-state index in [2.05, 4.69) is 10.3 Å². The van der Waals surface area contributed by atoms with E-state index >= 15 is 0 Å². The van der Waals surface area contributed by atoms with E-state index in [1.54, 1.807) is 12.3 Å². The van der Waals surface area contributed by atoms with Gasteiger partial charge >= 0.3 is 5.97 Å². The van der Waals surface area contributed by atoms with Crippen LogP contribution in [0.1, 0.15) is 36.6 Å². The normalized spacial score (nSPS) is 17.6. The molecule has 1 saturated heterocycles. The average molecular weight is 367 g/mol. The number of rotatable bonds is 6. The highest BCUT2D eigenvalue weighted by atomic mass is 35.5. The smallest absolute Gasteiger partial charge is 0.325 e. The molecule has 9 heteroatoms. The molecule has 0 unspecified atom stereocenters. The zero-order valence-corrected chi connectivity index (χ0v) is 14.4. The third kappa shape index (κ3) is 4.39. The molecule has 3 heterocycles. The Labute approximate surface area is 149 Å². The minimum Gasteiger partial charge on any atom is -0.480 e. The molecular formula is C16H19ClN4O4. The molecule has 0 radical (unpaired) electrons. The van der Waals surface area contributed by atoms with Crippen LogP contribution in [0.15, 0.2) is 22.9 Å². The predicted octanol–water partition coefficient (Wildman–Crippen LogP) is 1.95. The van der Waals surface area contributed by atoms with Crippen LogP contribution in [0.5, 0.6) is 0 Å². The first-order chi connectivity index (χ1) is 12.0. The fourth-order valence-electron chi connectivity index (χ4n) is 3.19. The molecule has 3 rings (SSSR count). The molecule has 8 nitrogen and oxygen atoms in total. The van der Waals surface area contributed by atoms with Crippen LogP contribution in [-0.4, -0.2) is 49.9 Å². The monoisotopic (exact) mass is 366 g/mol. The van der Waals surface area contributed by atoms with Crippen LogP contribution < -0.4 is 0 Å². The molecule has 0 bridgehead atoms. The number of carbonyl (C=O) groups is 2. The van der Waals surface area contributed by atoms with Crippen molar-refractivity contribution < 1.29 is 19.2 Å². The molecule has 0 aliphatic carbocycles. The van der Waals surface area contributed by atoms with Crippen molar-refractivity contribution in [3.63, 3.8) is 0 Å². The van der Waals surface area contributed by atoms with Crippen LogP contribution >= 0.6 is 11.6 Å². The van der Waals surface area contributed by atoms with Gasteiger partial charge < -0.3 is 14.5 Å². The van der Waals surface area contributed by atoms with Crippen LogP contribution in [0.4, 0.5) is 0 Å². The fraction of sp³-hybridized carbons (Fsp3) is 0.500. The third-order valence-electron chi connectivity index (χ3n) is 4.34. The lowest BCUT2D eigenvalue weighted by molar-refractivity contribution is -0.138. The van der Waals surface area contributed by atoms with Gasteiger partial charge in [0, 0.05) is 49.8 Å². The zero-order valence-electron chi connectivity index (χ0n) is 13.6. The van der Waals surface area contributed by atoms with E-state index in [1.165, 1.54) is 4.68 Å². The van der Waals surface area contributed by atoms with Gasteiger partial charge in [0.1, 0.15) is 12.3 Å². The molecule has 25 heavy (non-hydrogen) atoms. The van der Waals surface area contributed by atoms with Crippen molar-refractivity contribution in [2.24, 2.45) is 0 Å². The molecule has 1 fully saturated rings. The minimum atomic E-state index is -0.931. The predicted molar refractivity (Wildman–Crippen MR) is 88.3 cm³/mol. The number of amides is 1.